The van der Waals surface area contributed by atoms with Crippen molar-refractivity contribution < 1.29 is 37.3 Å². The minimum atomic E-state index is -3.00. The monoisotopic (exact) mass is 687 g/mol. The van der Waals surface area contributed by atoms with Crippen LogP contribution in [0.5, 0.6) is 5.75 Å². The largest absolute Gasteiger partial charge is 0.484 e. The molecular formula is C35H44F3N5O6. The van der Waals surface area contributed by atoms with Crippen molar-refractivity contribution in [1.29, 1.82) is 0 Å². The van der Waals surface area contributed by atoms with Crippen molar-refractivity contribution >= 4 is 28.7 Å². The molecule has 2 aliphatic heterocycles. The van der Waals surface area contributed by atoms with Crippen LogP contribution in [0.3, 0.4) is 0 Å². The first-order valence-electron chi connectivity index (χ1n) is 16.4. The molecule has 266 valence electrons. The number of hydrogen-bond donors (Lipinski definition) is 2. The number of likely N-dealkylation sites (N-methyl/N-ethyl adjacent to an activating group) is 1. The van der Waals surface area contributed by atoms with E-state index in [0.717, 1.165) is 6.07 Å². The average molecular weight is 688 g/mol. The number of anilines is 1. The summed E-state index contributed by atoms with van der Waals surface area (Å²) in [5.41, 5.74) is -2.43. The fraction of sp³-hybridized carbons (Fsp3) is 0.543. The number of rotatable bonds is 7. The quantitative estimate of drug-likeness (QED) is 0.330. The molecule has 2 amide bonds. The van der Waals surface area contributed by atoms with Crippen LogP contribution in [0.15, 0.2) is 29.1 Å². The Bertz CT molecular complexity index is 1820. The second-order valence-corrected chi connectivity index (χ2v) is 14.0. The summed E-state index contributed by atoms with van der Waals surface area (Å²) in [6.07, 6.45) is -2.81. The fourth-order valence-corrected chi connectivity index (χ4v) is 6.50. The van der Waals surface area contributed by atoms with Gasteiger partial charge in [-0.2, -0.15) is 0 Å². The number of nitrogens with one attached hydrogen (secondary N) is 1. The predicted octanol–water partition coefficient (Wildman–Crippen LogP) is 5.57. The van der Waals surface area contributed by atoms with Crippen LogP contribution in [-0.2, 0) is 28.6 Å². The smallest absolute Gasteiger partial charge is 0.410 e. The minimum absolute atomic E-state index is 0.00671. The SMILES string of the molecule is CC(=O)N1CCC(O)(c2cc3c(N[C@H](C)c4cccc(C(F)F)c4F)nc4c(c3n(C)c2=O)O[C@H](CN(C)C(=O)OC(C)(C)C)CC4)CC1. The van der Waals surface area contributed by atoms with E-state index in [0.29, 0.717) is 35.2 Å². The standard InChI is InChI=1S/C35H44F3N5O6/c1-19(22-9-8-10-23(27(22)36)30(37)38)39-31-24-17-25(35(47)13-15-43(16-14-35)20(2)44)32(45)42(7)28(24)29-26(40-31)12-11-21(48-29)18-41(6)33(46)49-34(3,4)5/h8-10,17,19,21,30,47H,11-16,18H2,1-7H3,(H,39,40)/t19-,21+/m1/s1. The summed E-state index contributed by atoms with van der Waals surface area (Å²) >= 11 is 0. The molecule has 0 saturated carbocycles. The Kier molecular flexibility index (Phi) is 9.93. The maximum absolute atomic E-state index is 15.2. The summed E-state index contributed by atoms with van der Waals surface area (Å²) in [4.78, 5) is 46.5. The van der Waals surface area contributed by atoms with E-state index in [4.69, 9.17) is 14.5 Å². The zero-order chi connectivity index (χ0) is 36.0. The van der Waals surface area contributed by atoms with Crippen molar-refractivity contribution in [2.24, 2.45) is 7.05 Å². The van der Waals surface area contributed by atoms with Crippen molar-refractivity contribution in [3.05, 3.63) is 62.8 Å². The highest BCUT2D eigenvalue weighted by molar-refractivity contribution is 5.95. The van der Waals surface area contributed by atoms with Crippen LogP contribution in [0.4, 0.5) is 23.8 Å². The number of carbonyl (C=O) groups excluding carboxylic acids is 2. The number of aliphatic hydroxyl groups is 1. The second kappa shape index (κ2) is 13.5. The molecule has 49 heavy (non-hydrogen) atoms. The molecule has 4 heterocycles. The number of fused-ring (bicyclic) bond motifs is 3. The van der Waals surface area contributed by atoms with Crippen LogP contribution in [0.1, 0.15) is 88.7 Å². The van der Waals surface area contributed by atoms with Gasteiger partial charge in [-0.15, -0.1) is 0 Å². The van der Waals surface area contributed by atoms with E-state index in [1.165, 1.54) is 28.5 Å². The molecule has 0 radical (unpaired) electrons. The number of alkyl halides is 2. The molecule has 0 bridgehead atoms. The van der Waals surface area contributed by atoms with Crippen LogP contribution in [0, 0.1) is 5.82 Å². The van der Waals surface area contributed by atoms with E-state index >= 15 is 4.39 Å². The number of ether oxygens (including phenoxy) is 2. The van der Waals surface area contributed by atoms with Gasteiger partial charge in [0, 0.05) is 50.6 Å². The van der Waals surface area contributed by atoms with Crippen molar-refractivity contribution in [2.75, 3.05) is 32.0 Å². The lowest BCUT2D eigenvalue weighted by Crippen LogP contribution is -2.47. The number of hydrogen-bond acceptors (Lipinski definition) is 8. The third-order valence-electron chi connectivity index (χ3n) is 9.21. The van der Waals surface area contributed by atoms with Gasteiger partial charge in [-0.3, -0.25) is 9.59 Å². The van der Waals surface area contributed by atoms with Gasteiger partial charge >= 0.3 is 6.09 Å². The van der Waals surface area contributed by atoms with Crippen LogP contribution in [0.2, 0.25) is 0 Å². The third-order valence-corrected chi connectivity index (χ3v) is 9.21. The van der Waals surface area contributed by atoms with Gasteiger partial charge in [0.1, 0.15) is 23.3 Å². The number of aromatic nitrogens is 2. The molecule has 1 fully saturated rings. The number of aryl methyl sites for hydroxylation is 2. The van der Waals surface area contributed by atoms with Crippen molar-refractivity contribution in [2.45, 2.75) is 90.1 Å². The Hall–Kier alpha value is -4.33. The Morgan fingerprint density at radius 1 is 1.22 bits per heavy atom. The van der Waals surface area contributed by atoms with E-state index in [2.05, 4.69) is 5.32 Å². The predicted molar refractivity (Wildman–Crippen MR) is 177 cm³/mol. The molecule has 0 unspecified atom stereocenters. The molecule has 2 N–H and O–H groups in total. The third kappa shape index (κ3) is 7.34. The first-order chi connectivity index (χ1) is 22.9. The van der Waals surface area contributed by atoms with Crippen molar-refractivity contribution in [3.63, 3.8) is 0 Å². The summed E-state index contributed by atoms with van der Waals surface area (Å²) in [7, 11) is 3.17. The maximum Gasteiger partial charge on any atom is 0.410 e. The van der Waals surface area contributed by atoms with Crippen LogP contribution in [-0.4, -0.2) is 74.8 Å². The molecule has 0 aliphatic carbocycles. The first-order valence-corrected chi connectivity index (χ1v) is 16.4. The lowest BCUT2D eigenvalue weighted by molar-refractivity contribution is -0.133. The van der Waals surface area contributed by atoms with Gasteiger partial charge < -0.3 is 34.3 Å². The number of nitrogens with zero attached hydrogens (tertiary/aromatic N) is 4. The first kappa shape index (κ1) is 36.0. The highest BCUT2D eigenvalue weighted by Crippen LogP contribution is 2.41. The number of pyridine rings is 2. The van der Waals surface area contributed by atoms with Gasteiger partial charge in [-0.25, -0.2) is 22.9 Å². The molecule has 2 aromatic heterocycles. The average Bonchev–Trinajstić information content (AvgIpc) is 3.01. The molecule has 2 aliphatic rings. The van der Waals surface area contributed by atoms with Crippen LogP contribution < -0.4 is 15.6 Å². The molecule has 0 spiro atoms. The Morgan fingerprint density at radius 3 is 2.49 bits per heavy atom. The highest BCUT2D eigenvalue weighted by atomic mass is 19.3. The molecule has 1 aromatic carbocycles. The van der Waals surface area contributed by atoms with Gasteiger partial charge in [0.2, 0.25) is 5.91 Å². The van der Waals surface area contributed by atoms with Crippen LogP contribution >= 0.6 is 0 Å². The number of piperidine rings is 1. The zero-order valence-electron chi connectivity index (χ0n) is 28.9. The Balaban J connectivity index is 1.59. The van der Waals surface area contributed by atoms with E-state index < -0.39 is 52.8 Å². The zero-order valence-corrected chi connectivity index (χ0v) is 28.9. The summed E-state index contributed by atoms with van der Waals surface area (Å²) < 4.78 is 55.6. The van der Waals surface area contributed by atoms with E-state index in [-0.39, 0.29) is 55.3 Å². The topological polar surface area (TPSA) is 126 Å². The summed E-state index contributed by atoms with van der Waals surface area (Å²) in [5, 5.41) is 15.4. The number of carbonyl (C=O) groups is 2. The minimum Gasteiger partial charge on any atom is -0.484 e. The summed E-state index contributed by atoms with van der Waals surface area (Å²) in [6, 6.07) is 4.55. The Morgan fingerprint density at radius 2 is 1.88 bits per heavy atom. The molecule has 14 heteroatoms. The van der Waals surface area contributed by atoms with E-state index in [9.17, 15) is 28.3 Å². The van der Waals surface area contributed by atoms with Crippen LogP contribution in [0.25, 0.3) is 10.9 Å². The highest BCUT2D eigenvalue weighted by Gasteiger charge is 2.39. The van der Waals surface area contributed by atoms with Gasteiger partial charge in [-0.05, 0) is 59.4 Å². The number of halogens is 3. The van der Waals surface area contributed by atoms with E-state index in [1.807, 2.05) is 0 Å². The molecule has 11 nitrogen and oxygen atoms in total. The fourth-order valence-electron chi connectivity index (χ4n) is 6.50. The van der Waals surface area contributed by atoms with Gasteiger partial charge in [0.15, 0.2) is 5.75 Å². The van der Waals surface area contributed by atoms with Gasteiger partial charge in [0.25, 0.3) is 12.0 Å². The molecule has 3 aromatic rings. The Labute approximate surface area is 283 Å². The number of amides is 2. The van der Waals surface area contributed by atoms with Gasteiger partial charge in [0.05, 0.1) is 35.0 Å². The summed E-state index contributed by atoms with van der Waals surface area (Å²) in [5.74, 6) is -0.577. The molecular weight excluding hydrogens is 643 g/mol. The van der Waals surface area contributed by atoms with Gasteiger partial charge in [-0.1, -0.05) is 18.2 Å². The number of likely N-dealkylation sites (tertiary alicyclic amines) is 1. The number of benzene rings is 1. The van der Waals surface area contributed by atoms with Crippen molar-refractivity contribution in [3.8, 4) is 5.75 Å². The van der Waals surface area contributed by atoms with Crippen molar-refractivity contribution in [1.82, 2.24) is 19.4 Å². The normalized spacial score (nSPS) is 18.1. The lowest BCUT2D eigenvalue weighted by Gasteiger charge is -2.38. The maximum atomic E-state index is 15.2. The van der Waals surface area contributed by atoms with E-state index in [1.54, 1.807) is 52.8 Å². The second-order valence-electron chi connectivity index (χ2n) is 14.0. The summed E-state index contributed by atoms with van der Waals surface area (Å²) in [6.45, 7) is 9.11. The lowest BCUT2D eigenvalue weighted by atomic mass is 9.84. The molecule has 2 atom stereocenters. The molecule has 1 saturated heterocycles. The molecule has 5 rings (SSSR count).